The largest absolute Gasteiger partial charge is 0.354 e. The van der Waals surface area contributed by atoms with Gasteiger partial charge in [-0.3, -0.25) is 9.59 Å². The lowest BCUT2D eigenvalue weighted by molar-refractivity contribution is -0.141. The summed E-state index contributed by atoms with van der Waals surface area (Å²) in [6.07, 6.45) is 1.65. The zero-order chi connectivity index (χ0) is 23.7. The molecule has 0 saturated heterocycles. The highest BCUT2D eigenvalue weighted by Gasteiger charge is 2.28. The second-order valence-electron chi connectivity index (χ2n) is 9.41. The summed E-state index contributed by atoms with van der Waals surface area (Å²) in [5.41, 5.74) is 4.66. The van der Waals surface area contributed by atoms with Gasteiger partial charge >= 0.3 is 0 Å². The van der Waals surface area contributed by atoms with Crippen molar-refractivity contribution in [3.05, 3.63) is 70.8 Å². The minimum atomic E-state index is -0.468. The molecule has 0 saturated carbocycles. The number of hydrogen-bond donors (Lipinski definition) is 1. The Morgan fingerprint density at radius 3 is 2.19 bits per heavy atom. The standard InChI is InChI=1S/C28H40N2O2/c1-7-26(28(32)29-18-20(2)3)30(19-25-11-9-8-10-22(25)6)27(31)17-14-23-12-15-24(16-13-23)21(4)5/h8-13,15-16,20-21,26H,7,14,17-19H2,1-6H3,(H,29,32). The van der Waals surface area contributed by atoms with Crippen LogP contribution < -0.4 is 5.32 Å². The van der Waals surface area contributed by atoms with Crippen molar-refractivity contribution in [3.63, 3.8) is 0 Å². The number of benzene rings is 2. The van der Waals surface area contributed by atoms with Crippen LogP contribution in [-0.4, -0.2) is 29.3 Å². The predicted molar refractivity (Wildman–Crippen MR) is 133 cm³/mol. The molecule has 32 heavy (non-hydrogen) atoms. The van der Waals surface area contributed by atoms with Crippen LogP contribution >= 0.6 is 0 Å². The minimum absolute atomic E-state index is 0.0211. The normalized spacial score (nSPS) is 12.1. The molecule has 0 aliphatic heterocycles. The van der Waals surface area contributed by atoms with E-state index in [0.717, 1.165) is 16.7 Å². The Morgan fingerprint density at radius 1 is 0.969 bits per heavy atom. The van der Waals surface area contributed by atoms with E-state index in [2.05, 4.69) is 57.3 Å². The molecular weight excluding hydrogens is 396 g/mol. The molecule has 0 heterocycles. The van der Waals surface area contributed by atoms with Crippen molar-refractivity contribution in [2.45, 2.75) is 79.3 Å². The topological polar surface area (TPSA) is 49.4 Å². The second-order valence-corrected chi connectivity index (χ2v) is 9.41. The first-order valence-electron chi connectivity index (χ1n) is 11.9. The first-order valence-corrected chi connectivity index (χ1v) is 11.9. The number of amides is 2. The molecule has 2 aromatic carbocycles. The molecular formula is C28H40N2O2. The van der Waals surface area contributed by atoms with Gasteiger partial charge in [0.05, 0.1) is 0 Å². The minimum Gasteiger partial charge on any atom is -0.354 e. The van der Waals surface area contributed by atoms with Crippen molar-refractivity contribution in [2.24, 2.45) is 5.92 Å². The van der Waals surface area contributed by atoms with Gasteiger partial charge in [0.1, 0.15) is 6.04 Å². The van der Waals surface area contributed by atoms with Crippen molar-refractivity contribution in [1.29, 1.82) is 0 Å². The fourth-order valence-corrected chi connectivity index (χ4v) is 3.78. The third-order valence-corrected chi connectivity index (χ3v) is 5.95. The lowest BCUT2D eigenvalue weighted by atomic mass is 10.00. The predicted octanol–water partition coefficient (Wildman–Crippen LogP) is 5.63. The van der Waals surface area contributed by atoms with Gasteiger partial charge in [-0.05, 0) is 53.9 Å². The zero-order valence-electron chi connectivity index (χ0n) is 20.7. The zero-order valence-corrected chi connectivity index (χ0v) is 20.7. The highest BCUT2D eigenvalue weighted by atomic mass is 16.2. The second kappa shape index (κ2) is 12.4. The summed E-state index contributed by atoms with van der Waals surface area (Å²) in [4.78, 5) is 28.1. The van der Waals surface area contributed by atoms with Crippen molar-refractivity contribution >= 4 is 11.8 Å². The molecule has 1 N–H and O–H groups in total. The van der Waals surface area contributed by atoms with Gasteiger partial charge in [0.25, 0.3) is 0 Å². The lowest BCUT2D eigenvalue weighted by Crippen LogP contribution is -2.49. The summed E-state index contributed by atoms with van der Waals surface area (Å²) in [5, 5.41) is 3.03. The fraction of sp³-hybridized carbons (Fsp3) is 0.500. The van der Waals surface area contributed by atoms with Crippen molar-refractivity contribution in [3.8, 4) is 0 Å². The first-order chi connectivity index (χ1) is 15.2. The summed E-state index contributed by atoms with van der Waals surface area (Å²) in [7, 11) is 0. The van der Waals surface area contributed by atoms with Gasteiger partial charge in [0, 0.05) is 19.5 Å². The monoisotopic (exact) mass is 436 g/mol. The smallest absolute Gasteiger partial charge is 0.242 e. The Balaban J connectivity index is 2.18. The summed E-state index contributed by atoms with van der Waals surface area (Å²) < 4.78 is 0. The summed E-state index contributed by atoms with van der Waals surface area (Å²) >= 11 is 0. The van der Waals surface area contributed by atoms with Crippen molar-refractivity contribution in [2.75, 3.05) is 6.54 Å². The molecule has 1 atom stereocenters. The van der Waals surface area contributed by atoms with Crippen LogP contribution in [0.15, 0.2) is 48.5 Å². The maximum absolute atomic E-state index is 13.4. The molecule has 0 bridgehead atoms. The molecule has 0 fully saturated rings. The molecule has 0 spiro atoms. The fourth-order valence-electron chi connectivity index (χ4n) is 3.78. The SMILES string of the molecule is CCC(C(=O)NCC(C)C)N(Cc1ccccc1C)C(=O)CCc1ccc(C(C)C)cc1. The Kier molecular flexibility index (Phi) is 9.96. The summed E-state index contributed by atoms with van der Waals surface area (Å²) in [5.74, 6) is 0.813. The molecule has 0 aliphatic rings. The van der Waals surface area contributed by atoms with E-state index in [0.29, 0.717) is 44.2 Å². The molecule has 0 aromatic heterocycles. The van der Waals surface area contributed by atoms with Crippen molar-refractivity contribution in [1.82, 2.24) is 10.2 Å². The summed E-state index contributed by atoms with van der Waals surface area (Å²) in [6.45, 7) is 13.6. The quantitative estimate of drug-likeness (QED) is 0.496. The van der Waals surface area contributed by atoms with Gasteiger partial charge < -0.3 is 10.2 Å². The molecule has 4 heteroatoms. The molecule has 2 aromatic rings. The molecule has 174 valence electrons. The van der Waals surface area contributed by atoms with Crippen LogP contribution in [0.2, 0.25) is 0 Å². The van der Waals surface area contributed by atoms with Crippen LogP contribution in [0.4, 0.5) is 0 Å². The average Bonchev–Trinajstić information content (AvgIpc) is 2.77. The van der Waals surface area contributed by atoms with E-state index in [-0.39, 0.29) is 11.8 Å². The number of hydrogen-bond acceptors (Lipinski definition) is 2. The van der Waals surface area contributed by atoms with Crippen LogP contribution in [0.3, 0.4) is 0 Å². The van der Waals surface area contributed by atoms with Crippen LogP contribution in [0.25, 0.3) is 0 Å². The van der Waals surface area contributed by atoms with E-state index in [1.165, 1.54) is 5.56 Å². The van der Waals surface area contributed by atoms with Crippen molar-refractivity contribution < 1.29 is 9.59 Å². The Morgan fingerprint density at radius 2 is 1.62 bits per heavy atom. The maximum Gasteiger partial charge on any atom is 0.242 e. The highest BCUT2D eigenvalue weighted by molar-refractivity contribution is 5.87. The van der Waals surface area contributed by atoms with Crippen LogP contribution in [-0.2, 0) is 22.6 Å². The van der Waals surface area contributed by atoms with Gasteiger partial charge in [-0.15, -0.1) is 0 Å². The number of carbonyl (C=O) groups is 2. The number of nitrogens with one attached hydrogen (secondary N) is 1. The van der Waals surface area contributed by atoms with Crippen LogP contribution in [0.5, 0.6) is 0 Å². The van der Waals surface area contributed by atoms with E-state index < -0.39 is 6.04 Å². The number of carbonyl (C=O) groups excluding carboxylic acids is 2. The first kappa shape index (κ1) is 25.6. The van der Waals surface area contributed by atoms with E-state index in [4.69, 9.17) is 0 Å². The van der Waals surface area contributed by atoms with E-state index in [1.807, 2.05) is 38.1 Å². The molecule has 0 radical (unpaired) electrons. The number of aryl methyl sites for hydroxylation is 2. The Hall–Kier alpha value is -2.62. The van der Waals surface area contributed by atoms with Gasteiger partial charge in [-0.2, -0.15) is 0 Å². The Labute approximate surface area is 194 Å². The summed E-state index contributed by atoms with van der Waals surface area (Å²) in [6, 6.07) is 16.1. The van der Waals surface area contributed by atoms with Gasteiger partial charge in [0.15, 0.2) is 0 Å². The number of rotatable bonds is 11. The molecule has 0 aliphatic carbocycles. The van der Waals surface area contributed by atoms with Gasteiger partial charge in [-0.25, -0.2) is 0 Å². The van der Waals surface area contributed by atoms with Crippen LogP contribution in [0.1, 0.15) is 75.6 Å². The highest BCUT2D eigenvalue weighted by Crippen LogP contribution is 2.19. The van der Waals surface area contributed by atoms with E-state index >= 15 is 0 Å². The van der Waals surface area contributed by atoms with E-state index in [9.17, 15) is 9.59 Å². The van der Waals surface area contributed by atoms with Crippen LogP contribution in [0, 0.1) is 12.8 Å². The third-order valence-electron chi connectivity index (χ3n) is 5.95. The molecule has 2 amide bonds. The van der Waals surface area contributed by atoms with E-state index in [1.54, 1.807) is 4.90 Å². The molecule has 1 unspecified atom stereocenters. The van der Waals surface area contributed by atoms with Gasteiger partial charge in [0.2, 0.25) is 11.8 Å². The average molecular weight is 437 g/mol. The Bertz CT molecular complexity index is 871. The third kappa shape index (κ3) is 7.51. The molecule has 2 rings (SSSR count). The molecule has 4 nitrogen and oxygen atoms in total. The number of nitrogens with zero attached hydrogens (tertiary/aromatic N) is 1. The lowest BCUT2D eigenvalue weighted by Gasteiger charge is -2.31. The maximum atomic E-state index is 13.4. The van der Waals surface area contributed by atoms with Gasteiger partial charge in [-0.1, -0.05) is 83.1 Å².